The molecule has 0 N–H and O–H groups in total. The standard InChI is InChI=1S/C9H5FN2S/c1-11-5-8-12-9-6(10)3-2-4-7(9)13-8/h2-4H,5H2. The molecule has 0 saturated heterocycles. The summed E-state index contributed by atoms with van der Waals surface area (Å²) >= 11 is 1.37. The third kappa shape index (κ3) is 1.38. The Bertz CT molecular complexity index is 484. The van der Waals surface area contributed by atoms with Crippen molar-refractivity contribution in [1.29, 1.82) is 0 Å². The average molecular weight is 192 g/mol. The minimum absolute atomic E-state index is 0.235. The molecule has 1 heterocycles. The van der Waals surface area contributed by atoms with Gasteiger partial charge in [0.2, 0.25) is 0 Å². The lowest BCUT2D eigenvalue weighted by Crippen LogP contribution is -1.78. The fraction of sp³-hybridized carbons (Fsp3) is 0.111. The third-order valence-electron chi connectivity index (χ3n) is 1.63. The predicted molar refractivity (Wildman–Crippen MR) is 49.9 cm³/mol. The van der Waals surface area contributed by atoms with E-state index in [1.807, 2.05) is 6.07 Å². The first-order valence-corrected chi connectivity index (χ1v) is 4.50. The van der Waals surface area contributed by atoms with Crippen molar-refractivity contribution in [2.75, 3.05) is 0 Å². The van der Waals surface area contributed by atoms with Crippen molar-refractivity contribution in [3.05, 3.63) is 40.4 Å². The van der Waals surface area contributed by atoms with Crippen molar-refractivity contribution >= 4 is 21.6 Å². The van der Waals surface area contributed by atoms with Crippen LogP contribution in [0.5, 0.6) is 0 Å². The van der Waals surface area contributed by atoms with E-state index in [1.54, 1.807) is 6.07 Å². The Kier molecular flexibility index (Phi) is 1.95. The highest BCUT2D eigenvalue weighted by atomic mass is 32.1. The summed E-state index contributed by atoms with van der Waals surface area (Å²) in [5.41, 5.74) is 0.381. The Morgan fingerprint density at radius 2 is 2.38 bits per heavy atom. The van der Waals surface area contributed by atoms with Crippen molar-refractivity contribution in [1.82, 2.24) is 4.98 Å². The van der Waals surface area contributed by atoms with Crippen LogP contribution in [0.1, 0.15) is 5.01 Å². The van der Waals surface area contributed by atoms with Crippen LogP contribution in [0.15, 0.2) is 18.2 Å². The van der Waals surface area contributed by atoms with Gasteiger partial charge >= 0.3 is 0 Å². The van der Waals surface area contributed by atoms with E-state index in [0.717, 1.165) is 4.70 Å². The first-order valence-electron chi connectivity index (χ1n) is 3.68. The molecule has 0 aliphatic heterocycles. The van der Waals surface area contributed by atoms with Crippen LogP contribution in [-0.4, -0.2) is 4.98 Å². The molecule has 2 rings (SSSR count). The number of fused-ring (bicyclic) bond motifs is 1. The van der Waals surface area contributed by atoms with Crippen LogP contribution in [0.3, 0.4) is 0 Å². The molecule has 13 heavy (non-hydrogen) atoms. The summed E-state index contributed by atoms with van der Waals surface area (Å²) in [6.45, 7) is 6.90. The van der Waals surface area contributed by atoms with Gasteiger partial charge in [-0.25, -0.2) is 15.9 Å². The fourth-order valence-electron chi connectivity index (χ4n) is 1.10. The SMILES string of the molecule is [C-]#[N+]Cc1nc2c(F)cccc2s1. The summed E-state index contributed by atoms with van der Waals surface area (Å²) in [6.07, 6.45) is 0. The second kappa shape index (κ2) is 3.11. The maximum Gasteiger partial charge on any atom is 0.265 e. The highest BCUT2D eigenvalue weighted by Crippen LogP contribution is 2.24. The summed E-state index contributed by atoms with van der Waals surface area (Å²) in [5.74, 6) is -0.315. The number of aromatic nitrogens is 1. The van der Waals surface area contributed by atoms with Gasteiger partial charge < -0.3 is 4.85 Å². The Morgan fingerprint density at radius 1 is 1.54 bits per heavy atom. The molecule has 2 aromatic rings. The van der Waals surface area contributed by atoms with Crippen LogP contribution in [0, 0.1) is 12.4 Å². The molecule has 0 atom stereocenters. The monoisotopic (exact) mass is 192 g/mol. The highest BCUT2D eigenvalue weighted by Gasteiger charge is 2.08. The number of hydrogen-bond acceptors (Lipinski definition) is 2. The van der Waals surface area contributed by atoms with E-state index in [0.29, 0.717) is 10.5 Å². The van der Waals surface area contributed by atoms with Gasteiger partial charge in [-0.2, -0.15) is 0 Å². The van der Waals surface area contributed by atoms with Gasteiger partial charge in [-0.15, -0.1) is 11.3 Å². The van der Waals surface area contributed by atoms with Crippen molar-refractivity contribution < 1.29 is 4.39 Å². The molecule has 1 aromatic heterocycles. The van der Waals surface area contributed by atoms with Crippen molar-refractivity contribution in [3.8, 4) is 0 Å². The number of benzene rings is 1. The zero-order chi connectivity index (χ0) is 9.26. The number of rotatable bonds is 1. The van der Waals surface area contributed by atoms with Crippen LogP contribution in [0.2, 0.25) is 0 Å². The molecule has 0 saturated carbocycles. The van der Waals surface area contributed by atoms with Gasteiger partial charge in [-0.05, 0) is 12.1 Å². The zero-order valence-electron chi connectivity index (χ0n) is 6.62. The van der Waals surface area contributed by atoms with Crippen molar-refractivity contribution in [2.45, 2.75) is 6.54 Å². The predicted octanol–water partition coefficient (Wildman–Crippen LogP) is 2.85. The topological polar surface area (TPSA) is 17.2 Å². The lowest BCUT2D eigenvalue weighted by molar-refractivity contribution is 0.637. The van der Waals surface area contributed by atoms with Crippen molar-refractivity contribution in [2.24, 2.45) is 0 Å². The summed E-state index contributed by atoms with van der Waals surface area (Å²) < 4.78 is 13.9. The molecule has 2 nitrogen and oxygen atoms in total. The first kappa shape index (κ1) is 8.14. The minimum Gasteiger partial charge on any atom is -0.309 e. The summed E-state index contributed by atoms with van der Waals surface area (Å²) in [4.78, 5) is 7.24. The van der Waals surface area contributed by atoms with Gasteiger partial charge in [0.05, 0.1) is 4.70 Å². The van der Waals surface area contributed by atoms with E-state index in [2.05, 4.69) is 9.83 Å². The van der Waals surface area contributed by atoms with Gasteiger partial charge in [-0.1, -0.05) is 6.07 Å². The van der Waals surface area contributed by atoms with Gasteiger partial charge in [0.1, 0.15) is 11.3 Å². The highest BCUT2D eigenvalue weighted by molar-refractivity contribution is 7.18. The lowest BCUT2D eigenvalue weighted by atomic mass is 10.3. The molecule has 1 aromatic carbocycles. The molecular weight excluding hydrogens is 187 g/mol. The molecule has 0 spiro atoms. The third-order valence-corrected chi connectivity index (χ3v) is 2.63. The van der Waals surface area contributed by atoms with Crippen LogP contribution in [0.25, 0.3) is 15.1 Å². The first-order chi connectivity index (χ1) is 6.31. The van der Waals surface area contributed by atoms with E-state index in [-0.39, 0.29) is 12.4 Å². The molecule has 0 aliphatic carbocycles. The van der Waals surface area contributed by atoms with E-state index in [9.17, 15) is 4.39 Å². The van der Waals surface area contributed by atoms with Crippen LogP contribution < -0.4 is 0 Å². The van der Waals surface area contributed by atoms with E-state index < -0.39 is 0 Å². The van der Waals surface area contributed by atoms with Crippen LogP contribution in [-0.2, 0) is 6.54 Å². The van der Waals surface area contributed by atoms with Crippen LogP contribution in [0.4, 0.5) is 4.39 Å². The van der Waals surface area contributed by atoms with Crippen molar-refractivity contribution in [3.63, 3.8) is 0 Å². The molecule has 0 fully saturated rings. The summed E-state index contributed by atoms with van der Waals surface area (Å²) in [7, 11) is 0. The Hall–Kier alpha value is -1.47. The molecule has 64 valence electrons. The van der Waals surface area contributed by atoms with E-state index in [1.165, 1.54) is 17.4 Å². The number of para-hydroxylation sites is 1. The number of halogens is 1. The molecular formula is C9H5FN2S. The number of thiazole rings is 1. The normalized spacial score (nSPS) is 10.2. The maximum atomic E-state index is 13.1. The Labute approximate surface area is 78.5 Å². The second-order valence-electron chi connectivity index (χ2n) is 2.51. The van der Waals surface area contributed by atoms with Gasteiger partial charge in [-0.3, -0.25) is 0 Å². The van der Waals surface area contributed by atoms with Gasteiger partial charge in [0.25, 0.3) is 6.54 Å². The molecule has 0 radical (unpaired) electrons. The molecule has 0 amide bonds. The Balaban J connectivity index is 2.63. The second-order valence-corrected chi connectivity index (χ2v) is 3.63. The quantitative estimate of drug-likeness (QED) is 0.635. The van der Waals surface area contributed by atoms with Crippen LogP contribution >= 0.6 is 11.3 Å². The summed E-state index contributed by atoms with van der Waals surface area (Å²) in [6, 6.07) is 4.84. The molecule has 0 aliphatic rings. The van der Waals surface area contributed by atoms with Gasteiger partial charge in [0, 0.05) is 0 Å². The molecule has 0 bridgehead atoms. The number of hydrogen-bond donors (Lipinski definition) is 0. The smallest absolute Gasteiger partial charge is 0.265 e. The average Bonchev–Trinajstić information content (AvgIpc) is 2.49. The lowest BCUT2D eigenvalue weighted by Gasteiger charge is -1.86. The maximum absolute atomic E-state index is 13.1. The molecule has 4 heteroatoms. The fourth-order valence-corrected chi connectivity index (χ4v) is 2.00. The van der Waals surface area contributed by atoms with E-state index >= 15 is 0 Å². The Morgan fingerprint density at radius 3 is 3.08 bits per heavy atom. The minimum atomic E-state index is -0.315. The number of nitrogens with zero attached hydrogens (tertiary/aromatic N) is 2. The van der Waals surface area contributed by atoms with Gasteiger partial charge in [0.15, 0.2) is 5.01 Å². The largest absolute Gasteiger partial charge is 0.309 e. The van der Waals surface area contributed by atoms with E-state index in [4.69, 9.17) is 6.57 Å². The molecule has 0 unspecified atom stereocenters. The summed E-state index contributed by atoms with van der Waals surface area (Å²) in [5, 5.41) is 0.676. The zero-order valence-corrected chi connectivity index (χ0v) is 7.44.